The maximum absolute atomic E-state index is 8.21. The lowest BCUT2D eigenvalue weighted by molar-refractivity contribution is 1.41. The lowest BCUT2D eigenvalue weighted by Gasteiger charge is -1.96. The highest BCUT2D eigenvalue weighted by Gasteiger charge is 1.96. The molecule has 0 bridgehead atoms. The number of hydrogen-bond acceptors (Lipinski definition) is 2. The minimum Gasteiger partial charge on any atom is -0.383 e. The van der Waals surface area contributed by atoms with Crippen molar-refractivity contribution in [2.24, 2.45) is 10.7 Å². The van der Waals surface area contributed by atoms with E-state index in [9.17, 15) is 0 Å². The van der Waals surface area contributed by atoms with E-state index in [1.807, 2.05) is 0 Å². The molecule has 1 rings (SSSR count). The molecule has 0 aliphatic heterocycles. The first-order valence-electron chi connectivity index (χ1n) is 3.22. The fourth-order valence-electron chi connectivity index (χ4n) is 0.739. The standard InChI is InChI=1S/C8H6ClN3/c9-7-3-1-6(2-4-7)8(11)12-5-10/h1-4H,(H2,11,12). The van der Waals surface area contributed by atoms with Crippen molar-refractivity contribution < 1.29 is 0 Å². The molecule has 1 aromatic carbocycles. The van der Waals surface area contributed by atoms with Crippen LogP contribution in [0.4, 0.5) is 0 Å². The first-order chi connectivity index (χ1) is 5.74. The van der Waals surface area contributed by atoms with Gasteiger partial charge in [-0.1, -0.05) is 11.6 Å². The maximum atomic E-state index is 8.21. The molecule has 0 heterocycles. The monoisotopic (exact) mass is 179 g/mol. The molecule has 1 aromatic rings. The summed E-state index contributed by atoms with van der Waals surface area (Å²) in [7, 11) is 0. The molecular formula is C8H6ClN3. The number of aliphatic imine (C=N–C) groups is 1. The van der Waals surface area contributed by atoms with E-state index in [2.05, 4.69) is 4.99 Å². The Hall–Kier alpha value is -1.53. The molecule has 60 valence electrons. The van der Waals surface area contributed by atoms with Crippen molar-refractivity contribution >= 4 is 17.4 Å². The summed E-state index contributed by atoms with van der Waals surface area (Å²) in [5.41, 5.74) is 6.14. The molecule has 2 N–H and O–H groups in total. The van der Waals surface area contributed by atoms with Crippen LogP contribution in [0.25, 0.3) is 0 Å². The molecule has 0 aliphatic carbocycles. The Morgan fingerprint density at radius 3 is 2.50 bits per heavy atom. The second-order valence-corrected chi connectivity index (χ2v) is 2.54. The van der Waals surface area contributed by atoms with Crippen molar-refractivity contribution in [1.29, 1.82) is 5.26 Å². The van der Waals surface area contributed by atoms with Gasteiger partial charge in [0.25, 0.3) is 0 Å². The highest BCUT2D eigenvalue weighted by molar-refractivity contribution is 6.30. The molecule has 0 radical (unpaired) electrons. The largest absolute Gasteiger partial charge is 0.383 e. The summed E-state index contributed by atoms with van der Waals surface area (Å²) < 4.78 is 0. The van der Waals surface area contributed by atoms with Gasteiger partial charge in [0.05, 0.1) is 0 Å². The zero-order valence-corrected chi connectivity index (χ0v) is 6.92. The SMILES string of the molecule is N#CN=C(N)c1ccc(Cl)cc1. The lowest BCUT2D eigenvalue weighted by atomic mass is 10.2. The number of hydrogen-bond donors (Lipinski definition) is 1. The van der Waals surface area contributed by atoms with Gasteiger partial charge >= 0.3 is 0 Å². The van der Waals surface area contributed by atoms with Crippen LogP contribution in [0.1, 0.15) is 5.56 Å². The van der Waals surface area contributed by atoms with Gasteiger partial charge < -0.3 is 5.73 Å². The molecule has 0 amide bonds. The molecule has 0 spiro atoms. The van der Waals surface area contributed by atoms with E-state index in [0.717, 1.165) is 0 Å². The van der Waals surface area contributed by atoms with Gasteiger partial charge in [-0.3, -0.25) is 0 Å². The third-order valence-electron chi connectivity index (χ3n) is 1.31. The number of nitrogens with zero attached hydrogens (tertiary/aromatic N) is 2. The average Bonchev–Trinajstić information content (AvgIpc) is 2.06. The van der Waals surface area contributed by atoms with Gasteiger partial charge in [-0.15, -0.1) is 0 Å². The Labute approximate surface area is 75.1 Å². The number of nitriles is 1. The summed E-state index contributed by atoms with van der Waals surface area (Å²) in [4.78, 5) is 3.38. The zero-order chi connectivity index (χ0) is 8.97. The van der Waals surface area contributed by atoms with Gasteiger partial charge in [0.1, 0.15) is 5.84 Å². The first-order valence-corrected chi connectivity index (χ1v) is 3.60. The minimum absolute atomic E-state index is 0.203. The summed E-state index contributed by atoms with van der Waals surface area (Å²) >= 11 is 5.65. The van der Waals surface area contributed by atoms with E-state index in [0.29, 0.717) is 10.6 Å². The highest BCUT2D eigenvalue weighted by atomic mass is 35.5. The molecule has 12 heavy (non-hydrogen) atoms. The van der Waals surface area contributed by atoms with Crippen molar-refractivity contribution in [3.63, 3.8) is 0 Å². The van der Waals surface area contributed by atoms with E-state index in [1.54, 1.807) is 30.5 Å². The quantitative estimate of drug-likeness (QED) is 0.404. The first kappa shape index (κ1) is 8.57. The van der Waals surface area contributed by atoms with Crippen LogP contribution in [0.15, 0.2) is 29.3 Å². The van der Waals surface area contributed by atoms with E-state index in [-0.39, 0.29) is 5.84 Å². The molecule has 0 aliphatic rings. The van der Waals surface area contributed by atoms with Crippen molar-refractivity contribution in [1.82, 2.24) is 0 Å². The predicted octanol–water partition coefficient (Wildman–Crippen LogP) is 1.53. The highest BCUT2D eigenvalue weighted by Crippen LogP contribution is 2.08. The van der Waals surface area contributed by atoms with Crippen LogP contribution < -0.4 is 5.73 Å². The molecule has 0 fully saturated rings. The molecule has 0 aromatic heterocycles. The summed E-state index contributed by atoms with van der Waals surface area (Å²) in [5.74, 6) is 0.203. The summed E-state index contributed by atoms with van der Waals surface area (Å²) in [6.07, 6.45) is 1.61. The average molecular weight is 180 g/mol. The van der Waals surface area contributed by atoms with Gasteiger partial charge in [0.15, 0.2) is 0 Å². The maximum Gasteiger partial charge on any atom is 0.207 e. The van der Waals surface area contributed by atoms with E-state index >= 15 is 0 Å². The van der Waals surface area contributed by atoms with Gasteiger partial charge in [-0.2, -0.15) is 10.3 Å². The second kappa shape index (κ2) is 3.74. The number of amidine groups is 1. The van der Waals surface area contributed by atoms with Crippen molar-refractivity contribution in [2.45, 2.75) is 0 Å². The van der Waals surface area contributed by atoms with Crippen molar-refractivity contribution in [3.05, 3.63) is 34.9 Å². The Bertz CT molecular complexity index is 334. The van der Waals surface area contributed by atoms with Crippen LogP contribution in [0, 0.1) is 11.5 Å². The normalized spacial score (nSPS) is 10.8. The van der Waals surface area contributed by atoms with Crippen LogP contribution in [0.3, 0.4) is 0 Å². The zero-order valence-electron chi connectivity index (χ0n) is 6.16. The van der Waals surface area contributed by atoms with Gasteiger partial charge in [-0.05, 0) is 24.3 Å². The number of halogens is 1. The molecule has 0 atom stereocenters. The molecule has 4 heteroatoms. The number of nitrogens with two attached hydrogens (primary N) is 1. The van der Waals surface area contributed by atoms with Gasteiger partial charge in [0, 0.05) is 10.6 Å². The molecule has 0 unspecified atom stereocenters. The summed E-state index contributed by atoms with van der Waals surface area (Å²) in [6.45, 7) is 0. The minimum atomic E-state index is 0.203. The summed E-state index contributed by atoms with van der Waals surface area (Å²) in [6, 6.07) is 6.80. The fraction of sp³-hybridized carbons (Fsp3) is 0. The summed E-state index contributed by atoms with van der Waals surface area (Å²) in [5, 5.41) is 8.84. The number of benzene rings is 1. The topological polar surface area (TPSA) is 62.2 Å². The molecule has 0 saturated carbocycles. The van der Waals surface area contributed by atoms with E-state index < -0.39 is 0 Å². The van der Waals surface area contributed by atoms with Gasteiger partial charge in [-0.25, -0.2) is 0 Å². The molecule has 3 nitrogen and oxygen atoms in total. The Kier molecular flexibility index (Phi) is 2.67. The van der Waals surface area contributed by atoms with Crippen LogP contribution in [-0.4, -0.2) is 5.84 Å². The smallest absolute Gasteiger partial charge is 0.207 e. The van der Waals surface area contributed by atoms with Gasteiger partial charge in [0.2, 0.25) is 6.19 Å². The Balaban J connectivity index is 2.99. The van der Waals surface area contributed by atoms with Crippen LogP contribution in [0.2, 0.25) is 5.02 Å². The molecule has 0 saturated heterocycles. The fourth-order valence-corrected chi connectivity index (χ4v) is 0.865. The van der Waals surface area contributed by atoms with E-state index in [1.165, 1.54) is 0 Å². The van der Waals surface area contributed by atoms with E-state index in [4.69, 9.17) is 22.6 Å². The Morgan fingerprint density at radius 1 is 1.42 bits per heavy atom. The van der Waals surface area contributed by atoms with Crippen LogP contribution in [-0.2, 0) is 0 Å². The second-order valence-electron chi connectivity index (χ2n) is 2.10. The van der Waals surface area contributed by atoms with Crippen LogP contribution in [0.5, 0.6) is 0 Å². The lowest BCUT2D eigenvalue weighted by Crippen LogP contribution is -2.12. The van der Waals surface area contributed by atoms with Crippen LogP contribution >= 0.6 is 11.6 Å². The Morgan fingerprint density at radius 2 is 2.00 bits per heavy atom. The van der Waals surface area contributed by atoms with Crippen molar-refractivity contribution in [2.75, 3.05) is 0 Å². The third kappa shape index (κ3) is 1.97. The van der Waals surface area contributed by atoms with Crippen molar-refractivity contribution in [3.8, 4) is 6.19 Å². The third-order valence-corrected chi connectivity index (χ3v) is 1.56. The number of rotatable bonds is 1. The molecular weight excluding hydrogens is 174 g/mol. The predicted molar refractivity (Wildman–Crippen MR) is 47.8 cm³/mol.